The first-order valence-corrected chi connectivity index (χ1v) is 9.52. The van der Waals surface area contributed by atoms with Crippen molar-refractivity contribution in [2.24, 2.45) is 5.92 Å². The number of ether oxygens (including phenoxy) is 1. The quantitative estimate of drug-likeness (QED) is 0.661. The van der Waals surface area contributed by atoms with Crippen molar-refractivity contribution in [3.05, 3.63) is 48.0 Å². The fraction of sp³-hybridized carbons (Fsp3) is 0.450. The molecule has 0 N–H and O–H groups in total. The minimum atomic E-state index is -0.456. The Morgan fingerprint density at radius 1 is 1.17 bits per heavy atom. The summed E-state index contributed by atoms with van der Waals surface area (Å²) in [5.74, 6) is 0.736. The van der Waals surface area contributed by atoms with E-state index in [1.54, 1.807) is 0 Å². The van der Waals surface area contributed by atoms with E-state index in [0.717, 1.165) is 11.9 Å². The van der Waals surface area contributed by atoms with Crippen LogP contribution in [0.3, 0.4) is 0 Å². The molecule has 2 atom stereocenters. The Hall–Kier alpha value is -1.55. The van der Waals surface area contributed by atoms with Crippen LogP contribution in [0.1, 0.15) is 32.3 Å². The summed E-state index contributed by atoms with van der Waals surface area (Å²) in [6, 6.07) is 15.0. The van der Waals surface area contributed by atoms with Crippen LogP contribution < -0.4 is 0 Å². The lowest BCUT2D eigenvalue weighted by Crippen LogP contribution is -2.35. The molecule has 1 aliphatic rings. The van der Waals surface area contributed by atoms with Crippen LogP contribution in [0.25, 0.3) is 10.8 Å². The molecule has 1 heterocycles. The van der Waals surface area contributed by atoms with Crippen LogP contribution in [0.2, 0.25) is 0 Å². The number of carbonyl (C=O) groups is 1. The first-order chi connectivity index (χ1) is 11.4. The zero-order valence-electron chi connectivity index (χ0n) is 14.5. The van der Waals surface area contributed by atoms with Crippen LogP contribution in [-0.2, 0) is 4.74 Å². The highest BCUT2D eigenvalue weighted by atomic mass is 79.9. The molecular weight excluding hydrogens is 366 g/mol. The largest absolute Gasteiger partial charge is 0.444 e. The highest BCUT2D eigenvalue weighted by Gasteiger charge is 2.37. The van der Waals surface area contributed by atoms with Gasteiger partial charge in [-0.3, -0.25) is 0 Å². The smallest absolute Gasteiger partial charge is 0.410 e. The van der Waals surface area contributed by atoms with Crippen molar-refractivity contribution in [1.82, 2.24) is 4.90 Å². The molecule has 4 heteroatoms. The highest BCUT2D eigenvalue weighted by molar-refractivity contribution is 9.09. The minimum absolute atomic E-state index is 0.211. The molecule has 128 valence electrons. The van der Waals surface area contributed by atoms with Crippen LogP contribution in [0, 0.1) is 5.92 Å². The van der Waals surface area contributed by atoms with E-state index in [9.17, 15) is 4.79 Å². The van der Waals surface area contributed by atoms with Crippen molar-refractivity contribution in [3.8, 4) is 0 Å². The summed E-state index contributed by atoms with van der Waals surface area (Å²) >= 11 is 3.62. The number of carbonyl (C=O) groups excluding carboxylic acids is 1. The van der Waals surface area contributed by atoms with Gasteiger partial charge in [-0.2, -0.15) is 0 Å². The molecular formula is C20H24BrNO2. The zero-order valence-corrected chi connectivity index (χ0v) is 16.0. The van der Waals surface area contributed by atoms with E-state index in [1.807, 2.05) is 25.7 Å². The summed E-state index contributed by atoms with van der Waals surface area (Å²) in [5, 5.41) is 3.38. The van der Waals surface area contributed by atoms with Crippen molar-refractivity contribution >= 4 is 32.8 Å². The van der Waals surface area contributed by atoms with Gasteiger partial charge in [0.15, 0.2) is 0 Å². The van der Waals surface area contributed by atoms with Crippen molar-refractivity contribution in [2.75, 3.05) is 18.4 Å². The molecule has 3 nitrogen and oxygen atoms in total. The number of alkyl halides is 1. The van der Waals surface area contributed by atoms with Crippen molar-refractivity contribution in [3.63, 3.8) is 0 Å². The first-order valence-electron chi connectivity index (χ1n) is 8.40. The molecule has 0 aromatic heterocycles. The van der Waals surface area contributed by atoms with Gasteiger partial charge in [0.2, 0.25) is 0 Å². The molecule has 1 saturated heterocycles. The maximum Gasteiger partial charge on any atom is 0.410 e. The van der Waals surface area contributed by atoms with Gasteiger partial charge in [-0.25, -0.2) is 4.79 Å². The molecule has 1 aliphatic heterocycles. The third kappa shape index (κ3) is 3.75. The molecule has 2 aromatic carbocycles. The number of benzene rings is 2. The summed E-state index contributed by atoms with van der Waals surface area (Å²) in [4.78, 5) is 14.2. The number of hydrogen-bond donors (Lipinski definition) is 0. The zero-order chi connectivity index (χ0) is 17.3. The van der Waals surface area contributed by atoms with Crippen LogP contribution in [0.5, 0.6) is 0 Å². The second-order valence-electron chi connectivity index (χ2n) is 7.51. The van der Waals surface area contributed by atoms with E-state index in [2.05, 4.69) is 58.4 Å². The van der Waals surface area contributed by atoms with Crippen molar-refractivity contribution in [1.29, 1.82) is 0 Å². The molecule has 1 amide bonds. The fourth-order valence-electron chi connectivity index (χ4n) is 3.32. The lowest BCUT2D eigenvalue weighted by atomic mass is 9.89. The van der Waals surface area contributed by atoms with Crippen molar-refractivity contribution in [2.45, 2.75) is 32.3 Å². The molecule has 3 rings (SSSR count). The standard InChI is InChI=1S/C20H24BrNO2/c1-20(2,3)24-19(23)22-12-17(11-21)18(13-22)16-9-8-14-6-4-5-7-15(14)10-16/h4-10,17-18H,11-13H2,1-3H3/t17-,18+/m1/s1. The number of rotatable bonds is 2. The van der Waals surface area contributed by atoms with Crippen LogP contribution >= 0.6 is 15.9 Å². The molecule has 24 heavy (non-hydrogen) atoms. The number of fused-ring (bicyclic) bond motifs is 1. The van der Waals surface area contributed by atoms with Crippen LogP contribution in [0.4, 0.5) is 4.79 Å². The first kappa shape index (κ1) is 17.3. The Kier molecular flexibility index (Phi) is 4.86. The Labute approximate surface area is 152 Å². The highest BCUT2D eigenvalue weighted by Crippen LogP contribution is 2.35. The average Bonchev–Trinajstić information content (AvgIpc) is 2.97. The molecule has 2 aromatic rings. The Balaban J connectivity index is 1.82. The maximum atomic E-state index is 12.4. The Morgan fingerprint density at radius 2 is 1.88 bits per heavy atom. The van der Waals surface area contributed by atoms with E-state index in [0.29, 0.717) is 18.4 Å². The summed E-state index contributed by atoms with van der Waals surface area (Å²) in [6.45, 7) is 7.17. The van der Waals surface area contributed by atoms with Crippen LogP contribution in [-0.4, -0.2) is 35.0 Å². The van der Waals surface area contributed by atoms with Gasteiger partial charge < -0.3 is 9.64 Å². The summed E-state index contributed by atoms with van der Waals surface area (Å²) < 4.78 is 5.54. The number of halogens is 1. The van der Waals surface area contributed by atoms with E-state index in [4.69, 9.17) is 4.74 Å². The molecule has 0 bridgehead atoms. The summed E-state index contributed by atoms with van der Waals surface area (Å²) in [5.41, 5.74) is 0.839. The van der Waals surface area contributed by atoms with Gasteiger partial charge >= 0.3 is 6.09 Å². The lowest BCUT2D eigenvalue weighted by molar-refractivity contribution is 0.0288. The van der Waals surface area contributed by atoms with E-state index >= 15 is 0 Å². The van der Waals surface area contributed by atoms with Gasteiger partial charge in [0.05, 0.1) is 0 Å². The molecule has 0 aliphatic carbocycles. The number of likely N-dealkylation sites (tertiary alicyclic amines) is 1. The third-order valence-electron chi connectivity index (χ3n) is 4.49. The SMILES string of the molecule is CC(C)(C)OC(=O)N1C[C@@H](CBr)[C@H](c2ccc3ccccc3c2)C1. The van der Waals surface area contributed by atoms with E-state index in [-0.39, 0.29) is 6.09 Å². The van der Waals surface area contributed by atoms with Crippen LogP contribution in [0.15, 0.2) is 42.5 Å². The molecule has 1 fully saturated rings. The molecule has 0 saturated carbocycles. The molecule has 0 radical (unpaired) electrons. The van der Waals surface area contributed by atoms with Crippen molar-refractivity contribution < 1.29 is 9.53 Å². The van der Waals surface area contributed by atoms with Gasteiger partial charge in [0.1, 0.15) is 5.60 Å². The third-order valence-corrected chi connectivity index (χ3v) is 5.32. The van der Waals surface area contributed by atoms with E-state index < -0.39 is 5.60 Å². The Morgan fingerprint density at radius 3 is 2.54 bits per heavy atom. The van der Waals surface area contributed by atoms with Gasteiger partial charge in [-0.15, -0.1) is 0 Å². The summed E-state index contributed by atoms with van der Waals surface area (Å²) in [6.07, 6.45) is -0.211. The number of nitrogens with zero attached hydrogens (tertiary/aromatic N) is 1. The summed E-state index contributed by atoms with van der Waals surface area (Å²) in [7, 11) is 0. The maximum absolute atomic E-state index is 12.4. The number of hydrogen-bond acceptors (Lipinski definition) is 2. The minimum Gasteiger partial charge on any atom is -0.444 e. The lowest BCUT2D eigenvalue weighted by Gasteiger charge is -2.24. The molecule has 0 unspecified atom stereocenters. The Bertz CT molecular complexity index is 738. The van der Waals surface area contributed by atoms with Gasteiger partial charge in [-0.1, -0.05) is 58.4 Å². The monoisotopic (exact) mass is 389 g/mol. The normalized spacial score (nSPS) is 21.2. The molecule has 0 spiro atoms. The van der Waals surface area contributed by atoms with Gasteiger partial charge in [0, 0.05) is 24.3 Å². The predicted octanol–water partition coefficient (Wildman–Crippen LogP) is 5.19. The topological polar surface area (TPSA) is 29.5 Å². The predicted molar refractivity (Wildman–Crippen MR) is 102 cm³/mol. The fourth-order valence-corrected chi connectivity index (χ4v) is 3.98. The second kappa shape index (κ2) is 6.75. The van der Waals surface area contributed by atoms with Gasteiger partial charge in [0.25, 0.3) is 0 Å². The average molecular weight is 390 g/mol. The van der Waals surface area contributed by atoms with Gasteiger partial charge in [-0.05, 0) is 43.0 Å². The second-order valence-corrected chi connectivity index (χ2v) is 8.16. The van der Waals surface area contributed by atoms with E-state index in [1.165, 1.54) is 16.3 Å². The number of amides is 1.